The van der Waals surface area contributed by atoms with Crippen LogP contribution in [0.15, 0.2) is 0 Å². The molecule has 0 bridgehead atoms. The molecule has 0 spiro atoms. The van der Waals surface area contributed by atoms with E-state index in [0.717, 1.165) is 0 Å². The topological polar surface area (TPSA) is 3.24 Å². The van der Waals surface area contributed by atoms with Crippen LogP contribution >= 0.6 is 24.6 Å². The Bertz CT molecular complexity index is 73.5. The first-order chi connectivity index (χ1) is 4.04. The summed E-state index contributed by atoms with van der Waals surface area (Å²) in [4.78, 5) is 0. The van der Waals surface area contributed by atoms with E-state index in [-0.39, 0.29) is 0 Å². The fourth-order valence-corrected chi connectivity index (χ4v) is 1.53. The highest BCUT2D eigenvalue weighted by molar-refractivity contribution is 8.08. The van der Waals surface area contributed by atoms with Crippen LogP contribution in [-0.2, 0) is 0 Å². The SMILES string of the molecule is CC(S)SN(C)C(C)C. The van der Waals surface area contributed by atoms with Crippen LogP contribution in [0.2, 0.25) is 0 Å². The summed E-state index contributed by atoms with van der Waals surface area (Å²) in [5.41, 5.74) is 0. The van der Waals surface area contributed by atoms with E-state index in [1.807, 2.05) is 0 Å². The fourth-order valence-electron chi connectivity index (χ4n) is 0.362. The van der Waals surface area contributed by atoms with Crippen molar-refractivity contribution in [1.29, 1.82) is 0 Å². The lowest BCUT2D eigenvalue weighted by atomic mass is 10.4. The standard InChI is InChI=1S/C6H15NS2/c1-5(2)7(4)9-6(3)8/h5-6,8H,1-4H3. The Hall–Kier alpha value is 0.660. The molecule has 0 saturated heterocycles. The van der Waals surface area contributed by atoms with Crippen LogP contribution in [0.3, 0.4) is 0 Å². The minimum atomic E-state index is 0.400. The van der Waals surface area contributed by atoms with Gasteiger partial charge in [0.25, 0.3) is 0 Å². The summed E-state index contributed by atoms with van der Waals surface area (Å²) in [6, 6.07) is 0.601. The summed E-state index contributed by atoms with van der Waals surface area (Å²) in [5, 5.41) is 0. The average Bonchev–Trinajstić information content (AvgIpc) is 1.63. The molecule has 0 fully saturated rings. The Labute approximate surface area is 67.7 Å². The van der Waals surface area contributed by atoms with Crippen molar-refractivity contribution in [3.8, 4) is 0 Å². The molecule has 9 heavy (non-hydrogen) atoms. The first kappa shape index (κ1) is 9.66. The van der Waals surface area contributed by atoms with Crippen molar-refractivity contribution in [2.24, 2.45) is 0 Å². The predicted molar refractivity (Wildman–Crippen MR) is 48.9 cm³/mol. The molecular formula is C6H15NS2. The van der Waals surface area contributed by atoms with Crippen LogP contribution in [0.25, 0.3) is 0 Å². The summed E-state index contributed by atoms with van der Waals surface area (Å²) in [6.07, 6.45) is 0. The van der Waals surface area contributed by atoms with Gasteiger partial charge in [-0.15, -0.1) is 0 Å². The van der Waals surface area contributed by atoms with E-state index in [2.05, 4.69) is 44.8 Å². The summed E-state index contributed by atoms with van der Waals surface area (Å²) in [6.45, 7) is 6.42. The number of thiol groups is 1. The van der Waals surface area contributed by atoms with Crippen LogP contribution in [0.5, 0.6) is 0 Å². The molecule has 1 nitrogen and oxygen atoms in total. The largest absolute Gasteiger partial charge is 0.250 e. The molecule has 0 amide bonds. The van der Waals surface area contributed by atoms with Gasteiger partial charge in [-0.3, -0.25) is 4.31 Å². The van der Waals surface area contributed by atoms with Gasteiger partial charge in [-0.25, -0.2) is 0 Å². The molecule has 0 aromatic heterocycles. The van der Waals surface area contributed by atoms with Crippen LogP contribution in [0.4, 0.5) is 0 Å². The molecule has 0 aromatic rings. The summed E-state index contributed by atoms with van der Waals surface area (Å²) in [5.74, 6) is 0. The summed E-state index contributed by atoms with van der Waals surface area (Å²) < 4.78 is 2.61. The normalized spacial score (nSPS) is 15.0. The molecule has 0 N–H and O–H groups in total. The van der Waals surface area contributed by atoms with Gasteiger partial charge in [0.05, 0.1) is 4.58 Å². The van der Waals surface area contributed by atoms with Crippen LogP contribution in [-0.4, -0.2) is 22.0 Å². The second-order valence-electron chi connectivity index (χ2n) is 2.34. The minimum absolute atomic E-state index is 0.400. The molecule has 0 rings (SSSR count). The van der Waals surface area contributed by atoms with Gasteiger partial charge < -0.3 is 0 Å². The minimum Gasteiger partial charge on any atom is -0.250 e. The Morgan fingerprint density at radius 1 is 1.33 bits per heavy atom. The van der Waals surface area contributed by atoms with Gasteiger partial charge >= 0.3 is 0 Å². The molecule has 0 heterocycles. The Morgan fingerprint density at radius 3 is 1.89 bits per heavy atom. The molecule has 0 aliphatic rings. The average molecular weight is 165 g/mol. The highest BCUT2D eigenvalue weighted by Crippen LogP contribution is 2.19. The van der Waals surface area contributed by atoms with Crippen molar-refractivity contribution in [1.82, 2.24) is 4.31 Å². The van der Waals surface area contributed by atoms with E-state index in [0.29, 0.717) is 10.6 Å². The van der Waals surface area contributed by atoms with Gasteiger partial charge in [-0.2, -0.15) is 12.6 Å². The summed E-state index contributed by atoms with van der Waals surface area (Å²) >= 11 is 6.01. The molecule has 0 saturated carbocycles. The first-order valence-corrected chi connectivity index (χ1v) is 4.47. The molecular weight excluding hydrogens is 150 g/mol. The van der Waals surface area contributed by atoms with E-state index in [1.54, 1.807) is 11.9 Å². The third-order valence-corrected chi connectivity index (χ3v) is 2.39. The predicted octanol–water partition coefficient (Wildman–Crippen LogP) is 2.25. The number of rotatable bonds is 3. The molecule has 0 aliphatic carbocycles. The van der Waals surface area contributed by atoms with Crippen LogP contribution in [0.1, 0.15) is 20.8 Å². The van der Waals surface area contributed by atoms with Crippen molar-refractivity contribution in [3.05, 3.63) is 0 Å². The third kappa shape index (κ3) is 5.12. The van der Waals surface area contributed by atoms with E-state index in [1.165, 1.54) is 0 Å². The zero-order valence-corrected chi connectivity index (χ0v) is 8.17. The fraction of sp³-hybridized carbons (Fsp3) is 1.00. The molecule has 0 aromatic carbocycles. The maximum Gasteiger partial charge on any atom is 0.0591 e. The smallest absolute Gasteiger partial charge is 0.0591 e. The first-order valence-electron chi connectivity index (χ1n) is 3.11. The van der Waals surface area contributed by atoms with E-state index < -0.39 is 0 Å². The van der Waals surface area contributed by atoms with Gasteiger partial charge in [0, 0.05) is 6.04 Å². The Kier molecular flexibility index (Phi) is 4.80. The van der Waals surface area contributed by atoms with Gasteiger partial charge in [0.15, 0.2) is 0 Å². The maximum absolute atomic E-state index is 4.25. The van der Waals surface area contributed by atoms with Gasteiger partial charge in [-0.1, -0.05) is 11.9 Å². The van der Waals surface area contributed by atoms with Crippen LogP contribution in [0, 0.1) is 0 Å². The van der Waals surface area contributed by atoms with Crippen LogP contribution < -0.4 is 0 Å². The highest BCUT2D eigenvalue weighted by Gasteiger charge is 2.05. The van der Waals surface area contributed by atoms with Crippen molar-refractivity contribution in [2.45, 2.75) is 31.4 Å². The lowest BCUT2D eigenvalue weighted by Crippen LogP contribution is -2.19. The van der Waals surface area contributed by atoms with E-state index in [9.17, 15) is 0 Å². The maximum atomic E-state index is 4.25. The number of hydrogen-bond acceptors (Lipinski definition) is 3. The second-order valence-corrected chi connectivity index (χ2v) is 4.96. The van der Waals surface area contributed by atoms with Gasteiger partial charge in [0.2, 0.25) is 0 Å². The third-order valence-electron chi connectivity index (χ3n) is 1.05. The van der Waals surface area contributed by atoms with E-state index in [4.69, 9.17) is 0 Å². The van der Waals surface area contributed by atoms with Crippen molar-refractivity contribution >= 4 is 24.6 Å². The number of hydrogen-bond donors (Lipinski definition) is 1. The monoisotopic (exact) mass is 165 g/mol. The highest BCUT2D eigenvalue weighted by atomic mass is 32.2. The Morgan fingerprint density at radius 2 is 1.78 bits per heavy atom. The molecule has 0 radical (unpaired) electrons. The summed E-state index contributed by atoms with van der Waals surface area (Å²) in [7, 11) is 2.09. The molecule has 0 aliphatic heterocycles. The molecule has 1 atom stereocenters. The van der Waals surface area contributed by atoms with E-state index >= 15 is 0 Å². The van der Waals surface area contributed by atoms with Crippen molar-refractivity contribution < 1.29 is 0 Å². The zero-order chi connectivity index (χ0) is 7.44. The van der Waals surface area contributed by atoms with Gasteiger partial charge in [0.1, 0.15) is 0 Å². The lowest BCUT2D eigenvalue weighted by Gasteiger charge is -2.20. The molecule has 56 valence electrons. The zero-order valence-electron chi connectivity index (χ0n) is 6.46. The Balaban J connectivity index is 3.38. The van der Waals surface area contributed by atoms with Crippen molar-refractivity contribution in [3.63, 3.8) is 0 Å². The number of nitrogens with zero attached hydrogens (tertiary/aromatic N) is 1. The molecule has 1 unspecified atom stereocenters. The van der Waals surface area contributed by atoms with Crippen molar-refractivity contribution in [2.75, 3.05) is 7.05 Å². The lowest BCUT2D eigenvalue weighted by molar-refractivity contribution is 0.468. The quantitative estimate of drug-likeness (QED) is 0.388. The van der Waals surface area contributed by atoms with Gasteiger partial charge in [-0.05, 0) is 27.8 Å². The second kappa shape index (κ2) is 4.47. The molecule has 3 heteroatoms.